The van der Waals surface area contributed by atoms with Gasteiger partial charge in [0.2, 0.25) is 5.91 Å². The molecule has 37 heavy (non-hydrogen) atoms. The Morgan fingerprint density at radius 2 is 1.81 bits per heavy atom. The fraction of sp³-hybridized carbons (Fsp3) is 0.231. The summed E-state index contributed by atoms with van der Waals surface area (Å²) < 4.78 is 24.5. The molecule has 5 rings (SSSR count). The zero-order chi connectivity index (χ0) is 25.6. The molecule has 0 radical (unpaired) electrons. The molecule has 2 aromatic heterocycles. The number of thiophene rings is 1. The van der Waals surface area contributed by atoms with Gasteiger partial charge in [0.25, 0.3) is 17.0 Å². The Hall–Kier alpha value is -3.70. The van der Waals surface area contributed by atoms with E-state index in [0.717, 1.165) is 47.9 Å². The molecule has 0 spiro atoms. The Balaban J connectivity index is 1.21. The standard InChI is InChI=1S/C26H23FN4O4S2/c27-18-11-5-6-12-19(18)34-14-22-30-31-26(35-22)36-15-21(32)29-25-23(17-10-4-7-13-20(17)37-25)24(33)28-16-8-2-1-3-9-16/h1-3,5-6,8-9,11-12H,4,7,10,13-15H2,(H,28,33)(H,29,32). The van der Waals surface area contributed by atoms with Crippen molar-refractivity contribution in [2.45, 2.75) is 37.5 Å². The van der Waals surface area contributed by atoms with Gasteiger partial charge in [-0.05, 0) is 55.5 Å². The summed E-state index contributed by atoms with van der Waals surface area (Å²) in [7, 11) is 0. The maximum absolute atomic E-state index is 13.7. The number of aromatic nitrogens is 2. The van der Waals surface area contributed by atoms with Crippen molar-refractivity contribution < 1.29 is 23.1 Å². The van der Waals surface area contributed by atoms with E-state index in [2.05, 4.69) is 20.8 Å². The lowest BCUT2D eigenvalue weighted by atomic mass is 9.95. The van der Waals surface area contributed by atoms with Gasteiger partial charge in [0, 0.05) is 10.6 Å². The van der Waals surface area contributed by atoms with Crippen molar-refractivity contribution in [3.8, 4) is 5.75 Å². The minimum absolute atomic E-state index is 0.0120. The van der Waals surface area contributed by atoms with E-state index in [0.29, 0.717) is 16.3 Å². The topological polar surface area (TPSA) is 106 Å². The van der Waals surface area contributed by atoms with Crippen LogP contribution < -0.4 is 15.4 Å². The van der Waals surface area contributed by atoms with Crippen molar-refractivity contribution in [3.05, 3.63) is 82.3 Å². The number of amides is 2. The minimum Gasteiger partial charge on any atom is -0.481 e. The second-order valence-corrected chi connectivity index (χ2v) is 10.3. The van der Waals surface area contributed by atoms with Crippen LogP contribution in [0.4, 0.5) is 15.1 Å². The molecule has 1 aliphatic rings. The van der Waals surface area contributed by atoms with Crippen LogP contribution in [0.5, 0.6) is 5.75 Å². The summed E-state index contributed by atoms with van der Waals surface area (Å²) in [5.41, 5.74) is 2.25. The summed E-state index contributed by atoms with van der Waals surface area (Å²) in [6, 6.07) is 15.3. The van der Waals surface area contributed by atoms with Gasteiger partial charge in [-0.2, -0.15) is 0 Å². The molecule has 2 aromatic carbocycles. The first-order chi connectivity index (χ1) is 18.1. The summed E-state index contributed by atoms with van der Waals surface area (Å²) in [5, 5.41) is 14.4. The van der Waals surface area contributed by atoms with Crippen LogP contribution in [0.2, 0.25) is 0 Å². The zero-order valence-electron chi connectivity index (χ0n) is 19.7. The molecular formula is C26H23FN4O4S2. The highest BCUT2D eigenvalue weighted by Crippen LogP contribution is 2.38. The van der Waals surface area contributed by atoms with E-state index in [1.807, 2.05) is 30.3 Å². The van der Waals surface area contributed by atoms with Gasteiger partial charge in [0.05, 0.1) is 11.3 Å². The summed E-state index contributed by atoms with van der Waals surface area (Å²) in [4.78, 5) is 27.1. The molecule has 0 saturated carbocycles. The van der Waals surface area contributed by atoms with Gasteiger partial charge in [0.15, 0.2) is 18.2 Å². The van der Waals surface area contributed by atoms with E-state index < -0.39 is 5.82 Å². The molecule has 0 atom stereocenters. The number of aryl methyl sites for hydroxylation is 1. The fourth-order valence-electron chi connectivity index (χ4n) is 3.96. The average molecular weight is 539 g/mol. The van der Waals surface area contributed by atoms with Gasteiger partial charge >= 0.3 is 0 Å². The Labute approximate surface area is 220 Å². The van der Waals surface area contributed by atoms with Crippen LogP contribution in [0.3, 0.4) is 0 Å². The molecule has 4 aromatic rings. The molecule has 0 bridgehead atoms. The van der Waals surface area contributed by atoms with Crippen LogP contribution in [0, 0.1) is 5.82 Å². The van der Waals surface area contributed by atoms with Crippen molar-refractivity contribution in [3.63, 3.8) is 0 Å². The van der Waals surface area contributed by atoms with Crippen LogP contribution in [0.15, 0.2) is 64.2 Å². The van der Waals surface area contributed by atoms with Gasteiger partial charge in [-0.3, -0.25) is 9.59 Å². The second-order valence-electron chi connectivity index (χ2n) is 8.25. The first kappa shape index (κ1) is 25.0. The molecule has 190 valence electrons. The van der Waals surface area contributed by atoms with Crippen LogP contribution in [0.1, 0.15) is 39.5 Å². The molecule has 0 saturated heterocycles. The van der Waals surface area contributed by atoms with Crippen molar-refractivity contribution >= 4 is 45.6 Å². The molecule has 0 unspecified atom stereocenters. The molecule has 0 fully saturated rings. The summed E-state index contributed by atoms with van der Waals surface area (Å²) in [6.45, 7) is -0.0959. The van der Waals surface area contributed by atoms with Crippen molar-refractivity contribution in [2.75, 3.05) is 16.4 Å². The third-order valence-corrected chi connectivity index (χ3v) is 7.67. The number of anilines is 2. The summed E-state index contributed by atoms with van der Waals surface area (Å²) in [6.07, 6.45) is 3.79. The Morgan fingerprint density at radius 3 is 2.65 bits per heavy atom. The molecular weight excluding hydrogens is 515 g/mol. The first-order valence-corrected chi connectivity index (χ1v) is 13.5. The minimum atomic E-state index is -0.486. The van der Waals surface area contributed by atoms with Gasteiger partial charge in [0.1, 0.15) is 5.00 Å². The predicted octanol–water partition coefficient (Wildman–Crippen LogP) is 5.71. The maximum atomic E-state index is 13.7. The zero-order valence-corrected chi connectivity index (χ0v) is 21.3. The summed E-state index contributed by atoms with van der Waals surface area (Å²) >= 11 is 2.53. The lowest BCUT2D eigenvalue weighted by Crippen LogP contribution is -2.19. The first-order valence-electron chi connectivity index (χ1n) is 11.7. The van der Waals surface area contributed by atoms with E-state index in [9.17, 15) is 14.0 Å². The van der Waals surface area contributed by atoms with Crippen LogP contribution in [0.25, 0.3) is 0 Å². The normalized spacial score (nSPS) is 12.6. The molecule has 8 nitrogen and oxygen atoms in total. The Bertz CT molecular complexity index is 1410. The monoisotopic (exact) mass is 538 g/mol. The Kier molecular flexibility index (Phi) is 7.81. The van der Waals surface area contributed by atoms with Crippen LogP contribution in [-0.2, 0) is 24.2 Å². The number of carbonyl (C=O) groups excluding carboxylic acids is 2. The highest BCUT2D eigenvalue weighted by atomic mass is 32.2. The van der Waals surface area contributed by atoms with Crippen LogP contribution in [-0.4, -0.2) is 27.8 Å². The van der Waals surface area contributed by atoms with Crippen molar-refractivity contribution in [1.29, 1.82) is 0 Å². The number of halogens is 1. The van der Waals surface area contributed by atoms with E-state index in [-0.39, 0.29) is 41.0 Å². The molecule has 1 aliphatic carbocycles. The Morgan fingerprint density at radius 1 is 1.03 bits per heavy atom. The SMILES string of the molecule is O=C(CSc1nnc(COc2ccccc2F)o1)Nc1sc2c(c1C(=O)Nc1ccccc1)CCCC2. The largest absolute Gasteiger partial charge is 0.481 e. The second kappa shape index (κ2) is 11.6. The number of ether oxygens (including phenoxy) is 1. The van der Waals surface area contributed by atoms with Crippen molar-refractivity contribution in [2.24, 2.45) is 0 Å². The number of hydrogen-bond donors (Lipinski definition) is 2. The average Bonchev–Trinajstić information content (AvgIpc) is 3.51. The third kappa shape index (κ3) is 6.17. The molecule has 11 heteroatoms. The number of thioether (sulfide) groups is 1. The lowest BCUT2D eigenvalue weighted by Gasteiger charge is -2.13. The lowest BCUT2D eigenvalue weighted by molar-refractivity contribution is -0.113. The van der Waals surface area contributed by atoms with Gasteiger partial charge in [-0.1, -0.05) is 42.1 Å². The van der Waals surface area contributed by atoms with E-state index in [1.54, 1.807) is 12.1 Å². The smallest absolute Gasteiger partial charge is 0.277 e. The number of nitrogens with one attached hydrogen (secondary N) is 2. The number of nitrogens with zero attached hydrogens (tertiary/aromatic N) is 2. The van der Waals surface area contributed by atoms with E-state index >= 15 is 0 Å². The highest BCUT2D eigenvalue weighted by Gasteiger charge is 2.26. The molecule has 2 heterocycles. The van der Waals surface area contributed by atoms with Crippen molar-refractivity contribution in [1.82, 2.24) is 10.2 Å². The fourth-order valence-corrected chi connectivity index (χ4v) is 5.84. The quantitative estimate of drug-likeness (QED) is 0.263. The van der Waals surface area contributed by atoms with Gasteiger partial charge in [-0.25, -0.2) is 4.39 Å². The molecule has 2 N–H and O–H groups in total. The number of rotatable bonds is 9. The van der Waals surface area contributed by atoms with E-state index in [1.165, 1.54) is 23.5 Å². The number of fused-ring (bicyclic) bond motifs is 1. The number of para-hydroxylation sites is 2. The number of benzene rings is 2. The maximum Gasteiger partial charge on any atom is 0.277 e. The van der Waals surface area contributed by atoms with Gasteiger partial charge in [-0.15, -0.1) is 21.5 Å². The highest BCUT2D eigenvalue weighted by molar-refractivity contribution is 7.99. The van der Waals surface area contributed by atoms with E-state index in [4.69, 9.17) is 9.15 Å². The summed E-state index contributed by atoms with van der Waals surface area (Å²) in [5.74, 6) is -0.750. The third-order valence-electron chi connectivity index (χ3n) is 5.65. The van der Waals surface area contributed by atoms with Gasteiger partial charge < -0.3 is 19.8 Å². The molecule has 0 aliphatic heterocycles. The number of carbonyl (C=O) groups is 2. The van der Waals surface area contributed by atoms with Crippen LogP contribution >= 0.6 is 23.1 Å². The predicted molar refractivity (Wildman–Crippen MR) is 140 cm³/mol. The number of hydrogen-bond acceptors (Lipinski definition) is 8. The molecule has 2 amide bonds.